The Kier molecular flexibility index (Phi) is 4.55. The standard InChI is InChI=1S/C15H17ClN2OS/c16-12-3-5-14(6-4-12)19-9-13-10-20-15(18-13)11-2-1-7-17-8-11/h3-6,10-11,17H,1-2,7-9H2. The van der Waals surface area contributed by atoms with Crippen molar-refractivity contribution in [2.24, 2.45) is 0 Å². The minimum Gasteiger partial charge on any atom is -0.487 e. The van der Waals surface area contributed by atoms with Crippen molar-refractivity contribution in [1.29, 1.82) is 0 Å². The Morgan fingerprint density at radius 2 is 2.20 bits per heavy atom. The lowest BCUT2D eigenvalue weighted by Gasteiger charge is -2.20. The molecule has 1 fully saturated rings. The van der Waals surface area contributed by atoms with Crippen LogP contribution in [0.2, 0.25) is 5.02 Å². The normalized spacial score (nSPS) is 18.9. The molecule has 106 valence electrons. The van der Waals surface area contributed by atoms with Crippen molar-refractivity contribution in [1.82, 2.24) is 10.3 Å². The quantitative estimate of drug-likeness (QED) is 0.931. The number of nitrogens with zero attached hydrogens (tertiary/aromatic N) is 1. The summed E-state index contributed by atoms with van der Waals surface area (Å²) >= 11 is 7.59. The largest absolute Gasteiger partial charge is 0.487 e. The van der Waals surface area contributed by atoms with E-state index in [2.05, 4.69) is 10.7 Å². The third-order valence-electron chi connectivity index (χ3n) is 3.42. The summed E-state index contributed by atoms with van der Waals surface area (Å²) in [5.74, 6) is 1.39. The number of benzene rings is 1. The van der Waals surface area contributed by atoms with Crippen LogP contribution in [0.4, 0.5) is 0 Å². The number of piperidine rings is 1. The average molecular weight is 309 g/mol. The number of aromatic nitrogens is 1. The molecule has 1 aliphatic heterocycles. The Balaban J connectivity index is 1.58. The van der Waals surface area contributed by atoms with Crippen LogP contribution >= 0.6 is 22.9 Å². The molecule has 1 unspecified atom stereocenters. The summed E-state index contributed by atoms with van der Waals surface area (Å²) < 4.78 is 5.72. The van der Waals surface area contributed by atoms with Crippen molar-refractivity contribution in [3.8, 4) is 5.75 Å². The number of hydrogen-bond donors (Lipinski definition) is 1. The predicted molar refractivity (Wildman–Crippen MR) is 82.7 cm³/mol. The van der Waals surface area contributed by atoms with Gasteiger partial charge in [-0.3, -0.25) is 0 Å². The molecule has 1 saturated heterocycles. The van der Waals surface area contributed by atoms with Crippen molar-refractivity contribution in [2.45, 2.75) is 25.4 Å². The van der Waals surface area contributed by atoms with Crippen LogP contribution in [-0.2, 0) is 6.61 Å². The SMILES string of the molecule is Clc1ccc(OCc2csc(C3CCCNC3)n2)cc1. The average Bonchev–Trinajstić information content (AvgIpc) is 2.97. The molecule has 5 heteroatoms. The zero-order valence-corrected chi connectivity index (χ0v) is 12.7. The van der Waals surface area contributed by atoms with Crippen LogP contribution < -0.4 is 10.1 Å². The number of ether oxygens (including phenoxy) is 1. The van der Waals surface area contributed by atoms with Gasteiger partial charge in [-0.05, 0) is 43.7 Å². The van der Waals surface area contributed by atoms with Gasteiger partial charge in [0, 0.05) is 22.9 Å². The Morgan fingerprint density at radius 3 is 2.95 bits per heavy atom. The number of rotatable bonds is 4. The highest BCUT2D eigenvalue weighted by Crippen LogP contribution is 2.26. The fourth-order valence-corrected chi connectivity index (χ4v) is 3.39. The summed E-state index contributed by atoms with van der Waals surface area (Å²) in [5.41, 5.74) is 1.01. The van der Waals surface area contributed by atoms with E-state index >= 15 is 0 Å². The summed E-state index contributed by atoms with van der Waals surface area (Å²) in [6.45, 7) is 2.69. The van der Waals surface area contributed by atoms with Crippen molar-refractivity contribution in [3.05, 3.63) is 45.4 Å². The molecule has 3 nitrogen and oxygen atoms in total. The third kappa shape index (κ3) is 3.51. The Morgan fingerprint density at radius 1 is 1.35 bits per heavy atom. The fourth-order valence-electron chi connectivity index (χ4n) is 2.33. The molecule has 2 aromatic rings. The maximum atomic E-state index is 5.85. The maximum absolute atomic E-state index is 5.85. The molecule has 0 bridgehead atoms. The molecule has 1 aromatic heterocycles. The molecule has 3 rings (SSSR count). The van der Waals surface area contributed by atoms with Gasteiger partial charge in [0.25, 0.3) is 0 Å². The summed E-state index contributed by atoms with van der Waals surface area (Å²) in [6, 6.07) is 7.41. The highest BCUT2D eigenvalue weighted by molar-refractivity contribution is 7.09. The smallest absolute Gasteiger partial charge is 0.131 e. The first-order chi connectivity index (χ1) is 9.81. The van der Waals surface area contributed by atoms with E-state index in [1.54, 1.807) is 11.3 Å². The van der Waals surface area contributed by atoms with E-state index < -0.39 is 0 Å². The highest BCUT2D eigenvalue weighted by atomic mass is 35.5. The van der Waals surface area contributed by atoms with Crippen LogP contribution in [0.25, 0.3) is 0 Å². The van der Waals surface area contributed by atoms with E-state index in [-0.39, 0.29) is 0 Å². The van der Waals surface area contributed by atoms with Gasteiger partial charge in [-0.25, -0.2) is 4.98 Å². The van der Waals surface area contributed by atoms with Crippen LogP contribution in [0.15, 0.2) is 29.6 Å². The second-order valence-corrected chi connectivity index (χ2v) is 6.29. The zero-order chi connectivity index (χ0) is 13.8. The second-order valence-electron chi connectivity index (χ2n) is 4.96. The predicted octanol–water partition coefficient (Wildman–Crippen LogP) is 3.84. The number of nitrogens with one attached hydrogen (secondary N) is 1. The minimum atomic E-state index is 0.512. The first-order valence-electron chi connectivity index (χ1n) is 6.84. The van der Waals surface area contributed by atoms with Gasteiger partial charge in [0.15, 0.2) is 0 Å². The summed E-state index contributed by atoms with van der Waals surface area (Å²) in [5, 5.41) is 7.47. The van der Waals surface area contributed by atoms with E-state index in [0.717, 1.165) is 29.6 Å². The lowest BCUT2D eigenvalue weighted by molar-refractivity contribution is 0.301. The summed E-state index contributed by atoms with van der Waals surface area (Å²) in [4.78, 5) is 4.69. The molecule has 20 heavy (non-hydrogen) atoms. The molecule has 1 N–H and O–H groups in total. The molecule has 1 aliphatic rings. The summed E-state index contributed by atoms with van der Waals surface area (Å²) in [7, 11) is 0. The molecule has 2 heterocycles. The molecule has 0 amide bonds. The zero-order valence-electron chi connectivity index (χ0n) is 11.1. The molecular formula is C15H17ClN2OS. The minimum absolute atomic E-state index is 0.512. The maximum Gasteiger partial charge on any atom is 0.131 e. The Labute approximate surface area is 127 Å². The van der Waals surface area contributed by atoms with E-state index in [1.807, 2.05) is 24.3 Å². The lowest BCUT2D eigenvalue weighted by Crippen LogP contribution is -2.28. The van der Waals surface area contributed by atoms with Crippen molar-refractivity contribution < 1.29 is 4.74 Å². The third-order valence-corrected chi connectivity index (χ3v) is 4.72. The van der Waals surface area contributed by atoms with E-state index in [1.165, 1.54) is 17.8 Å². The molecule has 1 aromatic carbocycles. The topological polar surface area (TPSA) is 34.1 Å². The first-order valence-corrected chi connectivity index (χ1v) is 8.10. The van der Waals surface area contributed by atoms with E-state index in [4.69, 9.17) is 21.3 Å². The van der Waals surface area contributed by atoms with Crippen LogP contribution in [0.5, 0.6) is 5.75 Å². The fraction of sp³-hybridized carbons (Fsp3) is 0.400. The van der Waals surface area contributed by atoms with Crippen LogP contribution in [0.1, 0.15) is 29.5 Å². The van der Waals surface area contributed by atoms with Gasteiger partial charge in [-0.1, -0.05) is 11.6 Å². The number of hydrogen-bond acceptors (Lipinski definition) is 4. The molecule has 0 radical (unpaired) electrons. The molecular weight excluding hydrogens is 292 g/mol. The monoisotopic (exact) mass is 308 g/mol. The number of halogens is 1. The highest BCUT2D eigenvalue weighted by Gasteiger charge is 2.18. The van der Waals surface area contributed by atoms with Gasteiger partial charge >= 0.3 is 0 Å². The van der Waals surface area contributed by atoms with E-state index in [9.17, 15) is 0 Å². The second kappa shape index (κ2) is 6.57. The molecule has 1 atom stereocenters. The lowest BCUT2D eigenvalue weighted by atomic mass is 10.0. The van der Waals surface area contributed by atoms with Crippen molar-refractivity contribution >= 4 is 22.9 Å². The van der Waals surface area contributed by atoms with Crippen LogP contribution in [-0.4, -0.2) is 18.1 Å². The van der Waals surface area contributed by atoms with E-state index in [0.29, 0.717) is 12.5 Å². The molecule has 0 spiro atoms. The van der Waals surface area contributed by atoms with Gasteiger partial charge in [-0.2, -0.15) is 0 Å². The Hall–Kier alpha value is -1.10. The molecule has 0 aliphatic carbocycles. The van der Waals surface area contributed by atoms with Crippen LogP contribution in [0.3, 0.4) is 0 Å². The van der Waals surface area contributed by atoms with Gasteiger partial charge in [0.05, 0.1) is 10.7 Å². The van der Waals surface area contributed by atoms with Crippen molar-refractivity contribution in [2.75, 3.05) is 13.1 Å². The van der Waals surface area contributed by atoms with Crippen LogP contribution in [0, 0.1) is 0 Å². The molecule has 0 saturated carbocycles. The van der Waals surface area contributed by atoms with Gasteiger partial charge < -0.3 is 10.1 Å². The van der Waals surface area contributed by atoms with Crippen molar-refractivity contribution in [3.63, 3.8) is 0 Å². The van der Waals surface area contributed by atoms with Gasteiger partial charge in [0.1, 0.15) is 12.4 Å². The number of thiazole rings is 1. The summed E-state index contributed by atoms with van der Waals surface area (Å²) in [6.07, 6.45) is 2.47. The van der Waals surface area contributed by atoms with Gasteiger partial charge in [-0.15, -0.1) is 11.3 Å². The van der Waals surface area contributed by atoms with Gasteiger partial charge in [0.2, 0.25) is 0 Å². The Bertz CT molecular complexity index is 549. The first kappa shape index (κ1) is 13.9.